The summed E-state index contributed by atoms with van der Waals surface area (Å²) in [6.07, 6.45) is 6.66. The molecule has 0 radical (unpaired) electrons. The summed E-state index contributed by atoms with van der Waals surface area (Å²) in [5.74, 6) is 0.504. The molecule has 1 N–H and O–H groups in total. The van der Waals surface area contributed by atoms with Crippen LogP contribution in [0.4, 0.5) is 0 Å². The van der Waals surface area contributed by atoms with Gasteiger partial charge in [-0.2, -0.15) is 0 Å². The number of hydrogen-bond acceptors (Lipinski definition) is 2. The second kappa shape index (κ2) is 8.81. The van der Waals surface area contributed by atoms with Crippen molar-refractivity contribution in [1.29, 1.82) is 0 Å². The molecule has 1 atom stereocenters. The molecule has 0 amide bonds. The lowest BCUT2D eigenvalue weighted by molar-refractivity contribution is 0.119. The van der Waals surface area contributed by atoms with Gasteiger partial charge in [-0.15, -0.1) is 0 Å². The summed E-state index contributed by atoms with van der Waals surface area (Å²) in [5.41, 5.74) is 1.39. The summed E-state index contributed by atoms with van der Waals surface area (Å²) in [4.78, 5) is 2.51. The summed E-state index contributed by atoms with van der Waals surface area (Å²) < 4.78 is 0. The Kier molecular flexibility index (Phi) is 7.05. The number of halogens is 1. The molecule has 1 unspecified atom stereocenters. The number of alkyl halides is 1. The van der Waals surface area contributed by atoms with Gasteiger partial charge in [-0.05, 0) is 18.4 Å². The Hall–Kier alpha value is -0.380. The van der Waals surface area contributed by atoms with Gasteiger partial charge < -0.3 is 5.11 Å². The van der Waals surface area contributed by atoms with E-state index < -0.39 is 0 Å². The van der Waals surface area contributed by atoms with Crippen LogP contribution in [0.1, 0.15) is 43.6 Å². The Morgan fingerprint density at radius 3 is 2.45 bits per heavy atom. The van der Waals surface area contributed by atoms with E-state index in [4.69, 9.17) is 0 Å². The molecule has 1 saturated carbocycles. The Bertz CT molecular complexity index is 365. The predicted molar refractivity (Wildman–Crippen MR) is 88.5 cm³/mol. The monoisotopic (exact) mass is 339 g/mol. The molecule has 1 fully saturated rings. The molecular formula is C17H26BrNO. The maximum Gasteiger partial charge on any atom is 0.0558 e. The van der Waals surface area contributed by atoms with Crippen molar-refractivity contribution in [2.45, 2.75) is 44.1 Å². The minimum atomic E-state index is 0.264. The Balaban J connectivity index is 2.01. The molecular weight excluding hydrogens is 314 g/mol. The number of benzene rings is 1. The van der Waals surface area contributed by atoms with Crippen LogP contribution in [0.5, 0.6) is 0 Å². The average Bonchev–Trinajstić information content (AvgIpc) is 2.53. The van der Waals surface area contributed by atoms with E-state index in [1.807, 2.05) is 0 Å². The first-order valence-electron chi connectivity index (χ1n) is 7.81. The molecule has 1 aliphatic carbocycles. The van der Waals surface area contributed by atoms with E-state index in [1.54, 1.807) is 0 Å². The van der Waals surface area contributed by atoms with Crippen molar-refractivity contribution in [3.05, 3.63) is 35.9 Å². The fraction of sp³-hybridized carbons (Fsp3) is 0.647. The van der Waals surface area contributed by atoms with Crippen molar-refractivity contribution in [3.63, 3.8) is 0 Å². The minimum Gasteiger partial charge on any atom is -0.395 e. The van der Waals surface area contributed by atoms with E-state index in [0.717, 1.165) is 18.4 Å². The summed E-state index contributed by atoms with van der Waals surface area (Å²) >= 11 is 3.67. The van der Waals surface area contributed by atoms with Crippen LogP contribution in [0.25, 0.3) is 0 Å². The van der Waals surface area contributed by atoms with Crippen LogP contribution in [-0.4, -0.2) is 41.1 Å². The van der Waals surface area contributed by atoms with Gasteiger partial charge in [-0.25, -0.2) is 0 Å². The van der Waals surface area contributed by atoms with Crippen molar-refractivity contribution in [1.82, 2.24) is 4.90 Å². The zero-order valence-corrected chi connectivity index (χ0v) is 13.8. The molecule has 0 bridgehead atoms. The highest BCUT2D eigenvalue weighted by molar-refractivity contribution is 9.09. The van der Waals surface area contributed by atoms with E-state index >= 15 is 0 Å². The van der Waals surface area contributed by atoms with Gasteiger partial charge in [0.1, 0.15) is 0 Å². The van der Waals surface area contributed by atoms with Gasteiger partial charge in [-0.1, -0.05) is 65.5 Å². The normalized spacial score (nSPS) is 18.4. The molecule has 2 nitrogen and oxygen atoms in total. The third-order valence-electron chi connectivity index (χ3n) is 4.39. The van der Waals surface area contributed by atoms with Crippen LogP contribution in [0.15, 0.2) is 30.3 Å². The highest BCUT2D eigenvalue weighted by atomic mass is 79.9. The van der Waals surface area contributed by atoms with Crippen molar-refractivity contribution in [2.75, 3.05) is 25.0 Å². The number of rotatable bonds is 7. The van der Waals surface area contributed by atoms with Gasteiger partial charge in [0.2, 0.25) is 0 Å². The summed E-state index contributed by atoms with van der Waals surface area (Å²) in [6.45, 7) is 2.11. The van der Waals surface area contributed by atoms with Gasteiger partial charge in [0.15, 0.2) is 0 Å². The molecule has 0 aliphatic heterocycles. The van der Waals surface area contributed by atoms with Gasteiger partial charge in [-0.3, -0.25) is 4.90 Å². The van der Waals surface area contributed by atoms with Crippen molar-refractivity contribution in [2.24, 2.45) is 0 Å². The standard InChI is InChI=1S/C17H26BrNO/c18-13-16(15-7-3-1-4-8-15)14-19(11-12-20)17-9-5-2-6-10-17/h1,3-4,7-8,16-17,20H,2,5-6,9-14H2. The zero-order chi connectivity index (χ0) is 14.2. The average molecular weight is 340 g/mol. The molecule has 1 aromatic carbocycles. The highest BCUT2D eigenvalue weighted by Gasteiger charge is 2.23. The number of aliphatic hydroxyl groups is 1. The third kappa shape index (κ3) is 4.57. The summed E-state index contributed by atoms with van der Waals surface area (Å²) in [6, 6.07) is 11.4. The van der Waals surface area contributed by atoms with E-state index in [2.05, 4.69) is 51.2 Å². The highest BCUT2D eigenvalue weighted by Crippen LogP contribution is 2.26. The smallest absolute Gasteiger partial charge is 0.0558 e. The SMILES string of the molecule is OCCN(CC(CBr)c1ccccc1)C1CCCCC1. The lowest BCUT2D eigenvalue weighted by Crippen LogP contribution is -2.41. The Labute approximate surface area is 131 Å². The molecule has 3 heteroatoms. The number of aliphatic hydroxyl groups excluding tert-OH is 1. The van der Waals surface area contributed by atoms with Crippen LogP contribution in [-0.2, 0) is 0 Å². The molecule has 0 aromatic heterocycles. The molecule has 2 rings (SSSR count). The quantitative estimate of drug-likeness (QED) is 0.764. The predicted octanol–water partition coefficient (Wildman–Crippen LogP) is 3.79. The van der Waals surface area contributed by atoms with Crippen LogP contribution in [0, 0.1) is 0 Å². The molecule has 1 aromatic rings. The van der Waals surface area contributed by atoms with Crippen LogP contribution in [0.3, 0.4) is 0 Å². The van der Waals surface area contributed by atoms with Crippen molar-refractivity contribution < 1.29 is 5.11 Å². The topological polar surface area (TPSA) is 23.5 Å². The molecule has 1 aliphatic rings. The maximum atomic E-state index is 9.37. The second-order valence-electron chi connectivity index (χ2n) is 5.77. The van der Waals surface area contributed by atoms with Crippen LogP contribution >= 0.6 is 15.9 Å². The summed E-state index contributed by atoms with van der Waals surface area (Å²) in [5, 5.41) is 10.3. The van der Waals surface area contributed by atoms with E-state index in [1.165, 1.54) is 37.7 Å². The molecule has 112 valence electrons. The Morgan fingerprint density at radius 1 is 1.15 bits per heavy atom. The second-order valence-corrected chi connectivity index (χ2v) is 6.42. The first-order valence-corrected chi connectivity index (χ1v) is 8.93. The first kappa shape index (κ1) is 16.0. The van der Waals surface area contributed by atoms with Gasteiger partial charge >= 0.3 is 0 Å². The van der Waals surface area contributed by atoms with Gasteiger partial charge in [0.05, 0.1) is 6.61 Å². The van der Waals surface area contributed by atoms with Gasteiger partial charge in [0.25, 0.3) is 0 Å². The third-order valence-corrected chi connectivity index (χ3v) is 5.17. The largest absolute Gasteiger partial charge is 0.395 e. The molecule has 0 saturated heterocycles. The number of hydrogen-bond donors (Lipinski definition) is 1. The minimum absolute atomic E-state index is 0.264. The molecule has 0 spiro atoms. The van der Waals surface area contributed by atoms with Crippen molar-refractivity contribution >= 4 is 15.9 Å². The van der Waals surface area contributed by atoms with Crippen LogP contribution in [0.2, 0.25) is 0 Å². The van der Waals surface area contributed by atoms with E-state index in [9.17, 15) is 5.11 Å². The number of nitrogens with zero attached hydrogens (tertiary/aromatic N) is 1. The summed E-state index contributed by atoms with van der Waals surface area (Å²) in [7, 11) is 0. The lowest BCUT2D eigenvalue weighted by atomic mass is 9.92. The fourth-order valence-electron chi connectivity index (χ4n) is 3.25. The Morgan fingerprint density at radius 2 is 1.85 bits per heavy atom. The fourth-order valence-corrected chi connectivity index (χ4v) is 3.83. The molecule has 0 heterocycles. The zero-order valence-electron chi connectivity index (χ0n) is 12.2. The van der Waals surface area contributed by atoms with E-state index in [0.29, 0.717) is 12.0 Å². The van der Waals surface area contributed by atoms with E-state index in [-0.39, 0.29) is 6.61 Å². The maximum absolute atomic E-state index is 9.37. The molecule has 20 heavy (non-hydrogen) atoms. The van der Waals surface area contributed by atoms with Gasteiger partial charge in [0, 0.05) is 30.4 Å². The first-order chi connectivity index (χ1) is 9.85. The van der Waals surface area contributed by atoms with Crippen molar-refractivity contribution in [3.8, 4) is 0 Å². The lowest BCUT2D eigenvalue weighted by Gasteiger charge is -2.36. The van der Waals surface area contributed by atoms with Crippen LogP contribution < -0.4 is 0 Å².